The molecule has 0 saturated carbocycles. The van der Waals surface area contributed by atoms with Crippen LogP contribution in [0.5, 0.6) is 5.75 Å². The standard InChI is InChI=1S/C15H21NO4/c1-12(11-16-7-9-19-10-8-16)20-15(17)13-3-5-14(18-2)6-4-13/h3-6,12H,7-11H2,1-2H3/p+1/t12-/m0/s1. The zero-order valence-corrected chi connectivity index (χ0v) is 12.1. The molecule has 0 aliphatic carbocycles. The molecule has 0 bridgehead atoms. The predicted molar refractivity (Wildman–Crippen MR) is 74.3 cm³/mol. The van der Waals surface area contributed by atoms with E-state index in [1.807, 2.05) is 6.92 Å². The van der Waals surface area contributed by atoms with E-state index in [2.05, 4.69) is 0 Å². The van der Waals surface area contributed by atoms with Crippen LogP contribution in [0.3, 0.4) is 0 Å². The minimum atomic E-state index is -0.284. The summed E-state index contributed by atoms with van der Waals surface area (Å²) in [7, 11) is 1.60. The molecule has 1 N–H and O–H groups in total. The van der Waals surface area contributed by atoms with Crippen molar-refractivity contribution in [3.63, 3.8) is 0 Å². The van der Waals surface area contributed by atoms with Crippen LogP contribution in [-0.4, -0.2) is 52.0 Å². The average molecular weight is 280 g/mol. The van der Waals surface area contributed by atoms with Crippen LogP contribution in [0.25, 0.3) is 0 Å². The highest BCUT2D eigenvalue weighted by molar-refractivity contribution is 5.89. The molecule has 1 saturated heterocycles. The van der Waals surface area contributed by atoms with Gasteiger partial charge in [0.05, 0.1) is 25.9 Å². The highest BCUT2D eigenvalue weighted by Gasteiger charge is 2.20. The Morgan fingerprint density at radius 3 is 2.55 bits per heavy atom. The maximum absolute atomic E-state index is 12.0. The van der Waals surface area contributed by atoms with E-state index < -0.39 is 0 Å². The van der Waals surface area contributed by atoms with E-state index in [0.29, 0.717) is 5.56 Å². The van der Waals surface area contributed by atoms with Crippen molar-refractivity contribution in [1.29, 1.82) is 0 Å². The third kappa shape index (κ3) is 4.21. The van der Waals surface area contributed by atoms with Crippen LogP contribution in [-0.2, 0) is 9.47 Å². The lowest BCUT2D eigenvalue weighted by Gasteiger charge is -2.26. The second-order valence-electron chi connectivity index (χ2n) is 5.01. The molecule has 1 aliphatic heterocycles. The summed E-state index contributed by atoms with van der Waals surface area (Å²) in [6.45, 7) is 6.28. The number of carbonyl (C=O) groups is 1. The van der Waals surface area contributed by atoms with Crippen molar-refractivity contribution < 1.29 is 23.9 Å². The molecular formula is C15H22NO4+. The number of morpholine rings is 1. The molecule has 1 heterocycles. The molecule has 1 aromatic carbocycles. The number of quaternary nitrogens is 1. The Morgan fingerprint density at radius 1 is 1.30 bits per heavy atom. The lowest BCUT2D eigenvalue weighted by molar-refractivity contribution is -0.910. The summed E-state index contributed by atoms with van der Waals surface area (Å²) in [5, 5.41) is 0. The third-order valence-electron chi connectivity index (χ3n) is 3.41. The summed E-state index contributed by atoms with van der Waals surface area (Å²) < 4.78 is 15.8. The van der Waals surface area contributed by atoms with Gasteiger partial charge in [-0.3, -0.25) is 0 Å². The first-order valence-electron chi connectivity index (χ1n) is 6.95. The summed E-state index contributed by atoms with van der Waals surface area (Å²) in [5.74, 6) is 0.445. The van der Waals surface area contributed by atoms with E-state index in [-0.39, 0.29) is 12.1 Å². The number of ether oxygens (including phenoxy) is 3. The minimum absolute atomic E-state index is 0.0994. The predicted octanol–water partition coefficient (Wildman–Crippen LogP) is 0.156. The van der Waals surface area contributed by atoms with Crippen molar-refractivity contribution in [3.05, 3.63) is 29.8 Å². The lowest BCUT2D eigenvalue weighted by Crippen LogP contribution is -3.15. The Kier molecular flexibility index (Phi) is 5.38. The van der Waals surface area contributed by atoms with Crippen LogP contribution in [0.15, 0.2) is 24.3 Å². The fourth-order valence-electron chi connectivity index (χ4n) is 2.29. The van der Waals surface area contributed by atoms with Gasteiger partial charge in [0, 0.05) is 0 Å². The van der Waals surface area contributed by atoms with Gasteiger partial charge in [0.25, 0.3) is 0 Å². The van der Waals surface area contributed by atoms with Crippen LogP contribution in [0.2, 0.25) is 0 Å². The molecule has 1 atom stereocenters. The molecule has 1 aromatic rings. The fraction of sp³-hybridized carbons (Fsp3) is 0.533. The molecule has 0 amide bonds. The first kappa shape index (κ1) is 14.8. The smallest absolute Gasteiger partial charge is 0.338 e. The molecule has 0 radical (unpaired) electrons. The number of rotatable bonds is 5. The summed E-state index contributed by atoms with van der Waals surface area (Å²) >= 11 is 0. The topological polar surface area (TPSA) is 49.2 Å². The molecule has 2 rings (SSSR count). The van der Waals surface area contributed by atoms with Crippen molar-refractivity contribution in [3.8, 4) is 5.75 Å². The fourth-order valence-corrected chi connectivity index (χ4v) is 2.29. The van der Waals surface area contributed by atoms with Gasteiger partial charge in [0.2, 0.25) is 0 Å². The summed E-state index contributed by atoms with van der Waals surface area (Å²) in [6, 6.07) is 6.95. The number of methoxy groups -OCH3 is 1. The van der Waals surface area contributed by atoms with Gasteiger partial charge < -0.3 is 19.1 Å². The van der Waals surface area contributed by atoms with E-state index >= 15 is 0 Å². The van der Waals surface area contributed by atoms with Gasteiger partial charge in [0.1, 0.15) is 31.5 Å². The number of hydrogen-bond donors (Lipinski definition) is 1. The van der Waals surface area contributed by atoms with Crippen molar-refractivity contribution in [2.24, 2.45) is 0 Å². The first-order chi connectivity index (χ1) is 9.69. The number of carbonyl (C=O) groups excluding carboxylic acids is 1. The average Bonchev–Trinajstić information content (AvgIpc) is 2.48. The molecule has 0 unspecified atom stereocenters. The van der Waals surface area contributed by atoms with Crippen LogP contribution in [0.1, 0.15) is 17.3 Å². The van der Waals surface area contributed by atoms with Crippen LogP contribution in [0, 0.1) is 0 Å². The van der Waals surface area contributed by atoms with Crippen LogP contribution in [0.4, 0.5) is 0 Å². The molecule has 20 heavy (non-hydrogen) atoms. The van der Waals surface area contributed by atoms with Gasteiger partial charge in [-0.2, -0.15) is 0 Å². The highest BCUT2D eigenvalue weighted by Crippen LogP contribution is 2.12. The normalized spacial score (nSPS) is 17.5. The molecule has 1 fully saturated rings. The molecule has 0 aromatic heterocycles. The number of esters is 1. The second kappa shape index (κ2) is 7.26. The van der Waals surface area contributed by atoms with Crippen molar-refractivity contribution in [1.82, 2.24) is 0 Å². The molecule has 110 valence electrons. The number of nitrogens with one attached hydrogen (secondary N) is 1. The summed E-state index contributed by atoms with van der Waals surface area (Å²) in [6.07, 6.45) is -0.0994. The van der Waals surface area contributed by atoms with Gasteiger partial charge in [-0.1, -0.05) is 0 Å². The Hall–Kier alpha value is -1.59. The molecule has 1 aliphatic rings. The van der Waals surface area contributed by atoms with E-state index in [0.717, 1.165) is 38.6 Å². The highest BCUT2D eigenvalue weighted by atomic mass is 16.5. The largest absolute Gasteiger partial charge is 0.497 e. The Morgan fingerprint density at radius 2 is 1.95 bits per heavy atom. The maximum atomic E-state index is 12.0. The lowest BCUT2D eigenvalue weighted by atomic mass is 10.2. The van der Waals surface area contributed by atoms with Gasteiger partial charge in [-0.05, 0) is 31.2 Å². The van der Waals surface area contributed by atoms with Gasteiger partial charge in [-0.25, -0.2) is 4.79 Å². The molecule has 0 spiro atoms. The maximum Gasteiger partial charge on any atom is 0.338 e. The zero-order chi connectivity index (χ0) is 14.4. The first-order valence-corrected chi connectivity index (χ1v) is 6.95. The zero-order valence-electron chi connectivity index (χ0n) is 12.1. The van der Waals surface area contributed by atoms with Crippen molar-refractivity contribution in [2.75, 3.05) is 40.0 Å². The third-order valence-corrected chi connectivity index (χ3v) is 3.41. The molecule has 5 heteroatoms. The second-order valence-corrected chi connectivity index (χ2v) is 5.01. The van der Waals surface area contributed by atoms with Crippen molar-refractivity contribution >= 4 is 5.97 Å². The summed E-state index contributed by atoms with van der Waals surface area (Å²) in [5.41, 5.74) is 0.551. The van der Waals surface area contributed by atoms with E-state index in [9.17, 15) is 4.79 Å². The van der Waals surface area contributed by atoms with Gasteiger partial charge in [0.15, 0.2) is 0 Å². The Labute approximate surface area is 119 Å². The van der Waals surface area contributed by atoms with Crippen LogP contribution < -0.4 is 9.64 Å². The van der Waals surface area contributed by atoms with E-state index in [1.165, 1.54) is 4.90 Å². The Bertz CT molecular complexity index is 426. The summed E-state index contributed by atoms with van der Waals surface area (Å²) in [4.78, 5) is 13.4. The SMILES string of the molecule is COc1ccc(C(=O)O[C@@H](C)C[NH+]2CCOCC2)cc1. The quantitative estimate of drug-likeness (QED) is 0.780. The molecular weight excluding hydrogens is 258 g/mol. The monoisotopic (exact) mass is 280 g/mol. The van der Waals surface area contributed by atoms with Crippen molar-refractivity contribution in [2.45, 2.75) is 13.0 Å². The minimum Gasteiger partial charge on any atom is -0.497 e. The van der Waals surface area contributed by atoms with Gasteiger partial charge in [-0.15, -0.1) is 0 Å². The van der Waals surface area contributed by atoms with Gasteiger partial charge >= 0.3 is 5.97 Å². The Balaban J connectivity index is 1.82. The number of benzene rings is 1. The van der Waals surface area contributed by atoms with E-state index in [1.54, 1.807) is 31.4 Å². The van der Waals surface area contributed by atoms with E-state index in [4.69, 9.17) is 14.2 Å². The number of hydrogen-bond acceptors (Lipinski definition) is 4. The van der Waals surface area contributed by atoms with Crippen LogP contribution >= 0.6 is 0 Å². The molecule has 5 nitrogen and oxygen atoms in total.